The molecule has 1 aromatic carbocycles. The Bertz CT molecular complexity index is 618. The van der Waals surface area contributed by atoms with E-state index in [9.17, 15) is 0 Å². The van der Waals surface area contributed by atoms with Gasteiger partial charge in [0.25, 0.3) is 0 Å². The quantitative estimate of drug-likeness (QED) is 0.797. The van der Waals surface area contributed by atoms with E-state index in [1.165, 1.54) is 0 Å². The Morgan fingerprint density at radius 2 is 2.30 bits per heavy atom. The van der Waals surface area contributed by atoms with E-state index in [1.807, 2.05) is 18.2 Å². The molecule has 0 aliphatic carbocycles. The van der Waals surface area contributed by atoms with E-state index in [4.69, 9.17) is 27.9 Å². The third kappa shape index (κ3) is 2.67. The lowest BCUT2D eigenvalue weighted by Gasteiger charge is -2.25. The zero-order valence-electron chi connectivity index (χ0n) is 11.5. The maximum absolute atomic E-state index is 6.05. The fraction of sp³-hybridized carbons (Fsp3) is 0.533. The lowest BCUT2D eigenvalue weighted by atomic mass is 10.0. The van der Waals surface area contributed by atoms with Crippen LogP contribution in [0.4, 0.5) is 0 Å². The Morgan fingerprint density at radius 3 is 3.00 bits per heavy atom. The minimum Gasteiger partial charge on any atom is -0.373 e. The van der Waals surface area contributed by atoms with Gasteiger partial charge in [0.05, 0.1) is 23.2 Å². The van der Waals surface area contributed by atoms with Crippen LogP contribution >= 0.6 is 23.2 Å². The van der Waals surface area contributed by atoms with Crippen molar-refractivity contribution < 1.29 is 4.74 Å². The first kappa shape index (κ1) is 14.2. The molecule has 0 radical (unpaired) electrons. The lowest BCUT2D eigenvalue weighted by molar-refractivity contribution is 0.00653. The molecule has 5 heteroatoms. The standard InChI is InChI=1S/C15H18Cl2N2O/c1-15(6-2-8-20-15)10-19-13-4-3-11(17)9-12(13)18-14(19)5-7-16/h3-4,9H,2,5-8,10H2,1H3. The van der Waals surface area contributed by atoms with Gasteiger partial charge < -0.3 is 9.30 Å². The molecule has 2 aromatic rings. The van der Waals surface area contributed by atoms with Crippen molar-refractivity contribution in [1.82, 2.24) is 9.55 Å². The molecular weight excluding hydrogens is 295 g/mol. The summed E-state index contributed by atoms with van der Waals surface area (Å²) in [7, 11) is 0. The predicted octanol–water partition coefficient (Wildman–Crippen LogP) is 4.04. The second-order valence-electron chi connectivity index (χ2n) is 5.59. The van der Waals surface area contributed by atoms with Crippen LogP contribution < -0.4 is 0 Å². The number of hydrogen-bond acceptors (Lipinski definition) is 2. The van der Waals surface area contributed by atoms with Crippen molar-refractivity contribution in [3.8, 4) is 0 Å². The highest BCUT2D eigenvalue weighted by molar-refractivity contribution is 6.31. The zero-order valence-corrected chi connectivity index (χ0v) is 13.0. The molecule has 1 aliphatic heterocycles. The predicted molar refractivity (Wildman–Crippen MR) is 82.8 cm³/mol. The highest BCUT2D eigenvalue weighted by atomic mass is 35.5. The van der Waals surface area contributed by atoms with Crippen LogP contribution in [0.5, 0.6) is 0 Å². The maximum atomic E-state index is 6.05. The van der Waals surface area contributed by atoms with Gasteiger partial charge in [-0.25, -0.2) is 4.98 Å². The topological polar surface area (TPSA) is 27.1 Å². The van der Waals surface area contributed by atoms with E-state index >= 15 is 0 Å². The van der Waals surface area contributed by atoms with Crippen molar-refractivity contribution in [3.63, 3.8) is 0 Å². The summed E-state index contributed by atoms with van der Waals surface area (Å²) in [5, 5.41) is 0.711. The first-order valence-electron chi connectivity index (χ1n) is 6.96. The Hall–Kier alpha value is -0.770. The van der Waals surface area contributed by atoms with Crippen LogP contribution in [0.1, 0.15) is 25.6 Å². The van der Waals surface area contributed by atoms with Crippen molar-refractivity contribution in [3.05, 3.63) is 29.0 Å². The fourth-order valence-corrected chi connectivity index (χ4v) is 3.24. The Morgan fingerprint density at radius 1 is 1.45 bits per heavy atom. The van der Waals surface area contributed by atoms with E-state index in [-0.39, 0.29) is 5.60 Å². The van der Waals surface area contributed by atoms with E-state index in [0.717, 1.165) is 49.3 Å². The summed E-state index contributed by atoms with van der Waals surface area (Å²) in [6.07, 6.45) is 2.96. The van der Waals surface area contributed by atoms with Gasteiger partial charge >= 0.3 is 0 Å². The minimum atomic E-state index is -0.103. The van der Waals surface area contributed by atoms with Gasteiger partial charge in [-0.1, -0.05) is 11.6 Å². The molecule has 0 saturated carbocycles. The van der Waals surface area contributed by atoms with Gasteiger partial charge in [-0.2, -0.15) is 0 Å². The second-order valence-corrected chi connectivity index (χ2v) is 6.40. The number of alkyl halides is 1. The van der Waals surface area contributed by atoms with Crippen LogP contribution in [0.25, 0.3) is 11.0 Å². The molecule has 0 amide bonds. The average Bonchev–Trinajstić information content (AvgIpc) is 2.96. The molecule has 1 aromatic heterocycles. The number of hydrogen-bond donors (Lipinski definition) is 0. The number of rotatable bonds is 4. The summed E-state index contributed by atoms with van der Waals surface area (Å²) in [5.41, 5.74) is 1.93. The molecule has 0 spiro atoms. The molecule has 1 fully saturated rings. The largest absolute Gasteiger partial charge is 0.373 e. The first-order valence-corrected chi connectivity index (χ1v) is 7.87. The highest BCUT2D eigenvalue weighted by Gasteiger charge is 2.31. The number of fused-ring (bicyclic) bond motifs is 1. The second kappa shape index (κ2) is 5.55. The zero-order chi connectivity index (χ0) is 14.2. The SMILES string of the molecule is CC1(Cn2c(CCCl)nc3cc(Cl)ccc32)CCCO1. The lowest BCUT2D eigenvalue weighted by Crippen LogP contribution is -2.30. The molecule has 1 saturated heterocycles. The van der Waals surface area contributed by atoms with Crippen LogP contribution in [0.2, 0.25) is 5.02 Å². The van der Waals surface area contributed by atoms with Crippen molar-refractivity contribution in [2.24, 2.45) is 0 Å². The molecule has 1 atom stereocenters. The van der Waals surface area contributed by atoms with Crippen LogP contribution in [0, 0.1) is 0 Å². The molecular formula is C15H18Cl2N2O. The van der Waals surface area contributed by atoms with Gasteiger partial charge in [0, 0.05) is 23.9 Å². The van der Waals surface area contributed by atoms with Gasteiger partial charge in [-0.3, -0.25) is 0 Å². The van der Waals surface area contributed by atoms with Gasteiger partial charge in [0.15, 0.2) is 0 Å². The third-order valence-electron chi connectivity index (χ3n) is 3.90. The third-order valence-corrected chi connectivity index (χ3v) is 4.32. The van der Waals surface area contributed by atoms with Crippen molar-refractivity contribution >= 4 is 34.2 Å². The Labute approximate surface area is 128 Å². The number of aryl methyl sites for hydroxylation is 1. The number of nitrogens with zero attached hydrogens (tertiary/aromatic N) is 2. The van der Waals surface area contributed by atoms with E-state index in [2.05, 4.69) is 16.5 Å². The van der Waals surface area contributed by atoms with Gasteiger partial charge in [-0.15, -0.1) is 11.6 Å². The van der Waals surface area contributed by atoms with E-state index < -0.39 is 0 Å². The summed E-state index contributed by atoms with van der Waals surface area (Å²) in [4.78, 5) is 4.67. The number of ether oxygens (including phenoxy) is 1. The summed E-state index contributed by atoms with van der Waals surface area (Å²) in [6, 6.07) is 5.84. The van der Waals surface area contributed by atoms with Gasteiger partial charge in [0.2, 0.25) is 0 Å². The molecule has 0 bridgehead atoms. The molecule has 20 heavy (non-hydrogen) atoms. The molecule has 1 unspecified atom stereocenters. The number of imidazole rings is 1. The van der Waals surface area contributed by atoms with Gasteiger partial charge in [-0.05, 0) is 38.0 Å². The Kier molecular flexibility index (Phi) is 3.93. The number of halogens is 2. The summed E-state index contributed by atoms with van der Waals surface area (Å²) in [6.45, 7) is 3.84. The number of aromatic nitrogens is 2. The monoisotopic (exact) mass is 312 g/mol. The maximum Gasteiger partial charge on any atom is 0.111 e. The summed E-state index contributed by atoms with van der Waals surface area (Å²) in [5.74, 6) is 1.57. The van der Waals surface area contributed by atoms with Crippen LogP contribution in [-0.4, -0.2) is 27.6 Å². The van der Waals surface area contributed by atoms with Crippen LogP contribution in [0.3, 0.4) is 0 Å². The normalized spacial score (nSPS) is 22.8. The summed E-state index contributed by atoms with van der Waals surface area (Å²) < 4.78 is 8.15. The molecule has 3 nitrogen and oxygen atoms in total. The highest BCUT2D eigenvalue weighted by Crippen LogP contribution is 2.30. The molecule has 2 heterocycles. The van der Waals surface area contributed by atoms with Gasteiger partial charge in [0.1, 0.15) is 5.82 Å². The van der Waals surface area contributed by atoms with E-state index in [0.29, 0.717) is 10.9 Å². The molecule has 108 valence electrons. The number of benzene rings is 1. The molecule has 0 N–H and O–H groups in total. The Balaban J connectivity index is 2.04. The van der Waals surface area contributed by atoms with Crippen molar-refractivity contribution in [2.75, 3.05) is 12.5 Å². The van der Waals surface area contributed by atoms with Crippen LogP contribution in [0.15, 0.2) is 18.2 Å². The molecule has 1 aliphatic rings. The van der Waals surface area contributed by atoms with Crippen molar-refractivity contribution in [1.29, 1.82) is 0 Å². The molecule has 3 rings (SSSR count). The smallest absolute Gasteiger partial charge is 0.111 e. The summed E-state index contributed by atoms with van der Waals surface area (Å²) >= 11 is 12.0. The van der Waals surface area contributed by atoms with Crippen molar-refractivity contribution in [2.45, 2.75) is 38.3 Å². The fourth-order valence-electron chi connectivity index (χ4n) is 2.90. The average molecular weight is 313 g/mol. The van der Waals surface area contributed by atoms with E-state index in [1.54, 1.807) is 0 Å². The minimum absolute atomic E-state index is 0.103. The first-order chi connectivity index (χ1) is 9.61. The van der Waals surface area contributed by atoms with Crippen LogP contribution in [-0.2, 0) is 17.7 Å².